The highest BCUT2D eigenvalue weighted by Crippen LogP contribution is 2.46. The van der Waals surface area contributed by atoms with Crippen LogP contribution in [0.5, 0.6) is 0 Å². The molecule has 0 atom stereocenters. The van der Waals surface area contributed by atoms with Gasteiger partial charge in [0.05, 0.1) is 3.79 Å². The van der Waals surface area contributed by atoms with Crippen LogP contribution in [0.25, 0.3) is 0 Å². The summed E-state index contributed by atoms with van der Waals surface area (Å²) in [6, 6.07) is 2.03. The van der Waals surface area contributed by atoms with E-state index in [0.29, 0.717) is 12.2 Å². The number of Topliss-reactive ketones (excluding diaryl/α,β-unsaturated/α-hetero) is 1. The highest BCUT2D eigenvalue weighted by atomic mass is 79.9. The van der Waals surface area contributed by atoms with E-state index in [-0.39, 0.29) is 5.41 Å². The van der Waals surface area contributed by atoms with Gasteiger partial charge in [-0.3, -0.25) is 4.79 Å². The van der Waals surface area contributed by atoms with Gasteiger partial charge in [0.15, 0.2) is 0 Å². The molecule has 0 aromatic carbocycles. The molecule has 0 saturated heterocycles. The molecule has 0 spiro atoms. The maximum absolute atomic E-state index is 11.7. The molecule has 0 amide bonds. The number of halogens is 1. The lowest BCUT2D eigenvalue weighted by Gasteiger charge is -2.05. The van der Waals surface area contributed by atoms with Crippen molar-refractivity contribution in [3.05, 3.63) is 20.8 Å². The van der Waals surface area contributed by atoms with Crippen LogP contribution in [0.1, 0.15) is 25.3 Å². The van der Waals surface area contributed by atoms with E-state index in [1.165, 1.54) is 0 Å². The zero-order valence-corrected chi connectivity index (χ0v) is 9.87. The number of carbonyl (C=O) groups excluding carboxylic acids is 1. The van der Waals surface area contributed by atoms with Gasteiger partial charge in [0.1, 0.15) is 5.78 Å². The van der Waals surface area contributed by atoms with Gasteiger partial charge in [-0.05, 0) is 45.8 Å². The second kappa shape index (κ2) is 3.21. The van der Waals surface area contributed by atoms with Crippen molar-refractivity contribution < 1.29 is 4.79 Å². The number of carbonyl (C=O) groups is 1. The SMILES string of the molecule is CC1(C(=O)Cc2ccsc2Br)CC1. The van der Waals surface area contributed by atoms with Gasteiger partial charge in [-0.1, -0.05) is 6.92 Å². The lowest BCUT2D eigenvalue weighted by atomic mass is 9.99. The van der Waals surface area contributed by atoms with Crippen LogP contribution in [-0.4, -0.2) is 5.78 Å². The average molecular weight is 259 g/mol. The fourth-order valence-corrected chi connectivity index (χ4v) is 2.54. The molecular weight excluding hydrogens is 248 g/mol. The molecule has 1 aromatic rings. The topological polar surface area (TPSA) is 17.1 Å². The standard InChI is InChI=1S/C10H11BrOS/c1-10(3-4-10)8(12)6-7-2-5-13-9(7)11/h2,5H,3-4,6H2,1H3. The van der Waals surface area contributed by atoms with E-state index in [1.807, 2.05) is 11.4 Å². The number of thiophene rings is 1. The molecule has 1 heterocycles. The molecule has 0 bridgehead atoms. The Balaban J connectivity index is 2.06. The van der Waals surface area contributed by atoms with Gasteiger partial charge in [-0.15, -0.1) is 11.3 Å². The molecule has 1 aromatic heterocycles. The number of hydrogen-bond donors (Lipinski definition) is 0. The van der Waals surface area contributed by atoms with E-state index in [4.69, 9.17) is 0 Å². The smallest absolute Gasteiger partial charge is 0.143 e. The second-order valence-electron chi connectivity index (χ2n) is 3.88. The van der Waals surface area contributed by atoms with Crippen LogP contribution in [0.2, 0.25) is 0 Å². The summed E-state index contributed by atoms with van der Waals surface area (Å²) in [5, 5.41) is 2.02. The maximum atomic E-state index is 11.7. The lowest BCUT2D eigenvalue weighted by molar-refractivity contribution is -0.122. The summed E-state index contributed by atoms with van der Waals surface area (Å²) in [4.78, 5) is 11.7. The summed E-state index contributed by atoms with van der Waals surface area (Å²) >= 11 is 5.09. The number of rotatable bonds is 3. The summed E-state index contributed by atoms with van der Waals surface area (Å²) in [7, 11) is 0. The fraction of sp³-hybridized carbons (Fsp3) is 0.500. The van der Waals surface area contributed by atoms with E-state index in [2.05, 4.69) is 22.9 Å². The van der Waals surface area contributed by atoms with E-state index in [1.54, 1.807) is 11.3 Å². The first-order valence-electron chi connectivity index (χ1n) is 4.37. The third-order valence-electron chi connectivity index (χ3n) is 2.72. The van der Waals surface area contributed by atoms with E-state index in [0.717, 1.165) is 22.2 Å². The van der Waals surface area contributed by atoms with Gasteiger partial charge >= 0.3 is 0 Å². The summed E-state index contributed by atoms with van der Waals surface area (Å²) in [6.07, 6.45) is 2.75. The molecule has 1 aliphatic carbocycles. The highest BCUT2D eigenvalue weighted by molar-refractivity contribution is 9.11. The number of ketones is 1. The molecule has 1 fully saturated rings. The quantitative estimate of drug-likeness (QED) is 0.812. The van der Waals surface area contributed by atoms with Crippen molar-refractivity contribution >= 4 is 33.0 Å². The Morgan fingerprint density at radius 3 is 2.85 bits per heavy atom. The number of hydrogen-bond acceptors (Lipinski definition) is 2. The van der Waals surface area contributed by atoms with Crippen molar-refractivity contribution in [2.75, 3.05) is 0 Å². The van der Waals surface area contributed by atoms with Crippen molar-refractivity contribution in [2.24, 2.45) is 5.41 Å². The molecule has 13 heavy (non-hydrogen) atoms. The first kappa shape index (κ1) is 9.41. The summed E-state index contributed by atoms with van der Waals surface area (Å²) in [6.45, 7) is 2.07. The summed E-state index contributed by atoms with van der Waals surface area (Å²) < 4.78 is 1.10. The van der Waals surface area contributed by atoms with Crippen molar-refractivity contribution in [1.29, 1.82) is 0 Å². The minimum Gasteiger partial charge on any atom is -0.299 e. The molecule has 0 radical (unpaired) electrons. The molecule has 1 saturated carbocycles. The van der Waals surface area contributed by atoms with Gasteiger partial charge < -0.3 is 0 Å². The third kappa shape index (κ3) is 1.86. The minimum atomic E-state index is 0.0153. The zero-order valence-electron chi connectivity index (χ0n) is 7.47. The van der Waals surface area contributed by atoms with Crippen LogP contribution in [0.15, 0.2) is 15.2 Å². The monoisotopic (exact) mass is 258 g/mol. The Morgan fingerprint density at radius 2 is 2.38 bits per heavy atom. The molecule has 0 unspecified atom stereocenters. The molecule has 3 heteroatoms. The van der Waals surface area contributed by atoms with Crippen LogP contribution in [0, 0.1) is 5.41 Å². The van der Waals surface area contributed by atoms with Gasteiger partial charge in [-0.25, -0.2) is 0 Å². The van der Waals surface area contributed by atoms with Crippen LogP contribution in [0.4, 0.5) is 0 Å². The van der Waals surface area contributed by atoms with Crippen LogP contribution >= 0.6 is 27.3 Å². The minimum absolute atomic E-state index is 0.0153. The van der Waals surface area contributed by atoms with Crippen molar-refractivity contribution in [1.82, 2.24) is 0 Å². The molecule has 1 aliphatic rings. The van der Waals surface area contributed by atoms with Gasteiger partial charge in [-0.2, -0.15) is 0 Å². The maximum Gasteiger partial charge on any atom is 0.143 e. The summed E-state index contributed by atoms with van der Waals surface area (Å²) in [5.74, 6) is 0.395. The molecule has 0 aliphatic heterocycles. The predicted octanol–water partition coefficient (Wildman–Crippen LogP) is 3.42. The normalized spacial score (nSPS) is 18.6. The van der Waals surface area contributed by atoms with Gasteiger partial charge in [0.25, 0.3) is 0 Å². The van der Waals surface area contributed by atoms with Crippen molar-refractivity contribution in [3.63, 3.8) is 0 Å². The van der Waals surface area contributed by atoms with Gasteiger partial charge in [0, 0.05) is 11.8 Å². The Bertz CT molecular complexity index is 338. The van der Waals surface area contributed by atoms with Gasteiger partial charge in [0.2, 0.25) is 0 Å². The third-order valence-corrected chi connectivity index (χ3v) is 4.53. The molecule has 1 nitrogen and oxygen atoms in total. The first-order chi connectivity index (χ1) is 6.12. The molecule has 0 N–H and O–H groups in total. The molecule has 70 valence electrons. The Kier molecular flexibility index (Phi) is 2.32. The average Bonchev–Trinajstić information content (AvgIpc) is 2.72. The molecular formula is C10H11BrOS. The van der Waals surface area contributed by atoms with Crippen molar-refractivity contribution in [2.45, 2.75) is 26.2 Å². The Morgan fingerprint density at radius 1 is 1.69 bits per heavy atom. The molecule has 2 rings (SSSR count). The summed E-state index contributed by atoms with van der Waals surface area (Å²) in [5.41, 5.74) is 1.16. The largest absolute Gasteiger partial charge is 0.299 e. The highest BCUT2D eigenvalue weighted by Gasteiger charge is 2.44. The lowest BCUT2D eigenvalue weighted by Crippen LogP contribution is -2.14. The Labute approximate surface area is 90.3 Å². The van der Waals surface area contributed by atoms with E-state index < -0.39 is 0 Å². The predicted molar refractivity (Wildman–Crippen MR) is 58.1 cm³/mol. The van der Waals surface area contributed by atoms with E-state index >= 15 is 0 Å². The van der Waals surface area contributed by atoms with Crippen LogP contribution < -0.4 is 0 Å². The van der Waals surface area contributed by atoms with E-state index in [9.17, 15) is 4.79 Å². The Hall–Kier alpha value is -0.150. The zero-order chi connectivity index (χ0) is 9.47. The van der Waals surface area contributed by atoms with Crippen LogP contribution in [0.3, 0.4) is 0 Å². The second-order valence-corrected chi connectivity index (χ2v) is 6.11. The van der Waals surface area contributed by atoms with Crippen molar-refractivity contribution in [3.8, 4) is 0 Å². The first-order valence-corrected chi connectivity index (χ1v) is 6.04. The van der Waals surface area contributed by atoms with Crippen LogP contribution in [-0.2, 0) is 11.2 Å². The fourth-order valence-electron chi connectivity index (χ4n) is 1.30.